The largest absolute Gasteiger partial charge is 0.454 e. The first-order valence-corrected chi connectivity index (χ1v) is 7.01. The van der Waals surface area contributed by atoms with E-state index in [1.54, 1.807) is 12.1 Å². The Hall–Kier alpha value is -2.02. The highest BCUT2D eigenvalue weighted by Crippen LogP contribution is 2.32. The van der Waals surface area contributed by atoms with Gasteiger partial charge >= 0.3 is 5.69 Å². The van der Waals surface area contributed by atoms with Crippen molar-refractivity contribution in [3.8, 4) is 11.5 Å². The zero-order valence-electron chi connectivity index (χ0n) is 10.9. The molecule has 2 aromatic rings. The fourth-order valence-corrected chi connectivity index (χ4v) is 2.21. The molecule has 110 valence electrons. The lowest BCUT2D eigenvalue weighted by Crippen LogP contribution is -1.97. The third kappa shape index (κ3) is 3.36. The Morgan fingerprint density at radius 1 is 1.19 bits per heavy atom. The van der Waals surface area contributed by atoms with Crippen molar-refractivity contribution < 1.29 is 18.4 Å². The number of halogens is 3. The van der Waals surface area contributed by atoms with E-state index in [2.05, 4.69) is 15.9 Å². The standard InChI is InChI=1S/C14H10BrF2NO3/c1-8-2-3-13(9(4-8)7-15)21-14-6-10(16)12(18(19)20)5-11(14)17/h2-6H,7H2,1H3. The SMILES string of the molecule is Cc1ccc(Oc2cc(F)c([N+](=O)[O-])cc2F)c(CBr)c1. The minimum atomic E-state index is -1.15. The number of benzene rings is 2. The van der Waals surface area contributed by atoms with E-state index in [0.29, 0.717) is 23.2 Å². The molecule has 2 aromatic carbocycles. The van der Waals surface area contributed by atoms with Crippen LogP contribution in [0.4, 0.5) is 14.5 Å². The number of hydrogen-bond acceptors (Lipinski definition) is 3. The maximum absolute atomic E-state index is 13.8. The number of nitro benzene ring substituents is 1. The average molecular weight is 358 g/mol. The fraction of sp³-hybridized carbons (Fsp3) is 0.143. The fourth-order valence-electron chi connectivity index (χ4n) is 1.77. The molecule has 7 heteroatoms. The number of nitro groups is 1. The molecule has 21 heavy (non-hydrogen) atoms. The summed E-state index contributed by atoms with van der Waals surface area (Å²) in [5, 5.41) is 11.0. The van der Waals surface area contributed by atoms with Gasteiger partial charge in [-0.05, 0) is 13.0 Å². The second-order valence-corrected chi connectivity index (χ2v) is 4.90. The summed E-state index contributed by atoms with van der Waals surface area (Å²) in [7, 11) is 0. The minimum absolute atomic E-state index is 0.352. The van der Waals surface area contributed by atoms with Crippen LogP contribution in [0.5, 0.6) is 11.5 Å². The van der Waals surface area contributed by atoms with Gasteiger partial charge in [-0.1, -0.05) is 33.6 Å². The molecule has 0 aromatic heterocycles. The van der Waals surface area contributed by atoms with Crippen LogP contribution in [0.1, 0.15) is 11.1 Å². The maximum Gasteiger partial charge on any atom is 0.307 e. The maximum atomic E-state index is 13.8. The van der Waals surface area contributed by atoms with Gasteiger partial charge in [-0.25, -0.2) is 4.39 Å². The van der Waals surface area contributed by atoms with Gasteiger partial charge in [-0.15, -0.1) is 0 Å². The van der Waals surface area contributed by atoms with Crippen molar-refractivity contribution in [1.29, 1.82) is 0 Å². The molecule has 0 bridgehead atoms. The van der Waals surface area contributed by atoms with Gasteiger partial charge < -0.3 is 4.74 Å². The molecule has 0 saturated heterocycles. The predicted octanol–water partition coefficient (Wildman–Crippen LogP) is 4.87. The molecule has 0 unspecified atom stereocenters. The van der Waals surface area contributed by atoms with E-state index >= 15 is 0 Å². The van der Waals surface area contributed by atoms with E-state index in [1.165, 1.54) is 0 Å². The summed E-state index contributed by atoms with van der Waals surface area (Å²) < 4.78 is 32.6. The third-order valence-electron chi connectivity index (χ3n) is 2.78. The molecule has 4 nitrogen and oxygen atoms in total. The first-order chi connectivity index (χ1) is 9.92. The Balaban J connectivity index is 2.41. The lowest BCUT2D eigenvalue weighted by Gasteiger charge is -2.11. The molecule has 0 radical (unpaired) electrons. The van der Waals surface area contributed by atoms with E-state index < -0.39 is 28.0 Å². The van der Waals surface area contributed by atoms with Gasteiger partial charge in [-0.2, -0.15) is 4.39 Å². The van der Waals surface area contributed by atoms with E-state index in [1.807, 2.05) is 13.0 Å². The van der Waals surface area contributed by atoms with Gasteiger partial charge in [0.1, 0.15) is 5.75 Å². The van der Waals surface area contributed by atoms with E-state index in [9.17, 15) is 18.9 Å². The van der Waals surface area contributed by atoms with Gasteiger partial charge in [0.2, 0.25) is 5.82 Å². The Bertz CT molecular complexity index is 707. The van der Waals surface area contributed by atoms with Crippen molar-refractivity contribution in [3.05, 3.63) is 63.2 Å². The molecule has 0 aliphatic heterocycles. The third-order valence-corrected chi connectivity index (χ3v) is 3.38. The van der Waals surface area contributed by atoms with Crippen LogP contribution in [0, 0.1) is 28.7 Å². The van der Waals surface area contributed by atoms with Crippen molar-refractivity contribution in [3.63, 3.8) is 0 Å². The van der Waals surface area contributed by atoms with Crippen LogP contribution in [-0.4, -0.2) is 4.92 Å². The van der Waals surface area contributed by atoms with Gasteiger partial charge in [0.15, 0.2) is 11.6 Å². The smallest absolute Gasteiger partial charge is 0.307 e. The van der Waals surface area contributed by atoms with Crippen molar-refractivity contribution in [2.45, 2.75) is 12.3 Å². The molecule has 2 rings (SSSR count). The molecule has 0 aliphatic rings. The quantitative estimate of drug-likeness (QED) is 0.445. The summed E-state index contributed by atoms with van der Waals surface area (Å²) in [5.74, 6) is -2.19. The lowest BCUT2D eigenvalue weighted by atomic mass is 10.1. The lowest BCUT2D eigenvalue weighted by molar-refractivity contribution is -0.387. The van der Waals surface area contributed by atoms with Crippen molar-refractivity contribution in [1.82, 2.24) is 0 Å². The van der Waals surface area contributed by atoms with Crippen molar-refractivity contribution >= 4 is 21.6 Å². The molecular formula is C14H10BrF2NO3. The highest BCUT2D eigenvalue weighted by atomic mass is 79.9. The predicted molar refractivity (Wildman–Crippen MR) is 76.9 cm³/mol. The van der Waals surface area contributed by atoms with Gasteiger partial charge in [0, 0.05) is 17.0 Å². The monoisotopic (exact) mass is 357 g/mol. The number of nitrogens with zero attached hydrogens (tertiary/aromatic N) is 1. The first kappa shape index (κ1) is 15.4. The summed E-state index contributed by atoms with van der Waals surface area (Å²) in [4.78, 5) is 9.55. The Morgan fingerprint density at radius 2 is 1.90 bits per heavy atom. The molecule has 0 aliphatic carbocycles. The summed E-state index contributed by atoms with van der Waals surface area (Å²) in [6, 6.07) is 6.41. The number of ether oxygens (including phenoxy) is 1. The number of alkyl halides is 1. The van der Waals surface area contributed by atoms with Crippen LogP contribution in [0.15, 0.2) is 30.3 Å². The van der Waals surface area contributed by atoms with Gasteiger partial charge in [0.05, 0.1) is 11.0 Å². The summed E-state index contributed by atoms with van der Waals surface area (Å²) >= 11 is 3.28. The molecule has 0 saturated carbocycles. The van der Waals surface area contributed by atoms with E-state index in [0.717, 1.165) is 11.1 Å². The van der Waals surface area contributed by atoms with Crippen LogP contribution in [0.2, 0.25) is 0 Å². The second-order valence-electron chi connectivity index (χ2n) is 4.34. The zero-order valence-corrected chi connectivity index (χ0v) is 12.5. The van der Waals surface area contributed by atoms with Crippen molar-refractivity contribution in [2.75, 3.05) is 0 Å². The topological polar surface area (TPSA) is 52.4 Å². The molecule has 0 atom stereocenters. The average Bonchev–Trinajstić information content (AvgIpc) is 2.43. The van der Waals surface area contributed by atoms with Crippen LogP contribution in [0.25, 0.3) is 0 Å². The molecule has 0 spiro atoms. The highest BCUT2D eigenvalue weighted by Gasteiger charge is 2.20. The van der Waals surface area contributed by atoms with Crippen LogP contribution in [0.3, 0.4) is 0 Å². The van der Waals surface area contributed by atoms with Crippen LogP contribution in [-0.2, 0) is 5.33 Å². The Labute approximate surface area is 127 Å². The Kier molecular flexibility index (Phi) is 4.52. The number of rotatable bonds is 4. The molecule has 0 amide bonds. The summed E-state index contributed by atoms with van der Waals surface area (Å²) in [6.45, 7) is 1.89. The number of hydrogen-bond donors (Lipinski definition) is 0. The Morgan fingerprint density at radius 3 is 2.52 bits per heavy atom. The highest BCUT2D eigenvalue weighted by molar-refractivity contribution is 9.08. The van der Waals surface area contributed by atoms with Crippen molar-refractivity contribution in [2.24, 2.45) is 0 Å². The molecule has 0 fully saturated rings. The van der Waals surface area contributed by atoms with Crippen LogP contribution >= 0.6 is 15.9 Å². The second kappa shape index (κ2) is 6.17. The zero-order chi connectivity index (χ0) is 15.6. The molecule has 0 N–H and O–H groups in total. The summed E-state index contributed by atoms with van der Waals surface area (Å²) in [5.41, 5.74) is 0.824. The van der Waals surface area contributed by atoms with Gasteiger partial charge in [0.25, 0.3) is 0 Å². The molecular weight excluding hydrogens is 348 g/mol. The first-order valence-electron chi connectivity index (χ1n) is 5.89. The number of aryl methyl sites for hydroxylation is 1. The van der Waals surface area contributed by atoms with Crippen LogP contribution < -0.4 is 4.74 Å². The van der Waals surface area contributed by atoms with Gasteiger partial charge in [-0.3, -0.25) is 10.1 Å². The normalized spacial score (nSPS) is 10.5. The minimum Gasteiger partial charge on any atom is -0.454 e. The van der Waals surface area contributed by atoms with E-state index in [4.69, 9.17) is 4.74 Å². The summed E-state index contributed by atoms with van der Waals surface area (Å²) in [6.07, 6.45) is 0. The molecule has 0 heterocycles. The van der Waals surface area contributed by atoms with E-state index in [-0.39, 0.29) is 0 Å².